The van der Waals surface area contributed by atoms with Crippen LogP contribution in [-0.4, -0.2) is 47.4 Å². The summed E-state index contributed by atoms with van der Waals surface area (Å²) in [5, 5.41) is 4.38. The molecule has 7 heteroatoms. The van der Waals surface area contributed by atoms with Gasteiger partial charge in [-0.1, -0.05) is 29.6 Å². The fraction of sp³-hybridized carbons (Fsp3) is 0.429. The largest absolute Gasteiger partial charge is 0.439 e. The van der Waals surface area contributed by atoms with Crippen LogP contribution in [0.1, 0.15) is 36.0 Å². The second-order valence-corrected chi connectivity index (χ2v) is 8.27. The highest BCUT2D eigenvalue weighted by Crippen LogP contribution is 2.28. The molecule has 1 aliphatic heterocycles. The Balaban J connectivity index is 1.43. The Labute approximate surface area is 175 Å². The third-order valence-electron chi connectivity index (χ3n) is 5.42. The molecule has 1 saturated carbocycles. The quantitative estimate of drug-likeness (QED) is 0.718. The first kappa shape index (κ1) is 19.6. The molecule has 1 saturated heterocycles. The molecule has 2 heterocycles. The molecule has 1 aliphatic carbocycles. The van der Waals surface area contributed by atoms with Gasteiger partial charge in [0.1, 0.15) is 5.75 Å². The average molecular weight is 420 g/mol. The van der Waals surface area contributed by atoms with Crippen LogP contribution in [0.3, 0.4) is 0 Å². The number of hydrogen-bond acceptors (Lipinski definition) is 5. The maximum absolute atomic E-state index is 13.0. The molecule has 2 aromatic rings. The molecule has 28 heavy (non-hydrogen) atoms. The lowest BCUT2D eigenvalue weighted by atomic mass is 9.91. The van der Waals surface area contributed by atoms with E-state index in [4.69, 9.17) is 27.9 Å². The third kappa shape index (κ3) is 4.66. The number of ether oxygens (including phenoxy) is 1. The first-order valence-corrected chi connectivity index (χ1v) is 10.5. The zero-order chi connectivity index (χ0) is 19.5. The van der Waals surface area contributed by atoms with Crippen molar-refractivity contribution in [2.45, 2.75) is 37.8 Å². The molecule has 0 bridgehead atoms. The van der Waals surface area contributed by atoms with Crippen molar-refractivity contribution in [2.24, 2.45) is 0 Å². The standard InChI is InChI=1S/C21H23Cl2N3O2/c22-15-9-16(23)11-18(10-15)28-20-6-5-14(12-25-20)21(27)19-13-26(8-2-7-24-19)17-3-1-4-17/h5-6,9-12,17,19,24H,1-4,7-8,13H2. The highest BCUT2D eigenvalue weighted by molar-refractivity contribution is 6.34. The molecular formula is C21H23Cl2N3O2. The number of aromatic nitrogens is 1. The van der Waals surface area contributed by atoms with E-state index in [1.165, 1.54) is 19.3 Å². The zero-order valence-electron chi connectivity index (χ0n) is 15.5. The van der Waals surface area contributed by atoms with Crippen molar-refractivity contribution in [3.8, 4) is 11.6 Å². The Bertz CT molecular complexity index is 820. The van der Waals surface area contributed by atoms with Crippen LogP contribution in [0.5, 0.6) is 11.6 Å². The number of hydrogen-bond donors (Lipinski definition) is 1. The van der Waals surface area contributed by atoms with Gasteiger partial charge < -0.3 is 10.1 Å². The maximum atomic E-state index is 13.0. The molecule has 0 amide bonds. The summed E-state index contributed by atoms with van der Waals surface area (Å²) in [4.78, 5) is 19.7. The van der Waals surface area contributed by atoms with E-state index in [1.807, 2.05) is 0 Å². The van der Waals surface area contributed by atoms with Crippen LogP contribution in [0, 0.1) is 0 Å². The van der Waals surface area contributed by atoms with Gasteiger partial charge in [-0.05, 0) is 56.6 Å². The van der Waals surface area contributed by atoms with E-state index in [0.717, 1.165) is 26.1 Å². The van der Waals surface area contributed by atoms with Gasteiger partial charge in [-0.15, -0.1) is 0 Å². The molecule has 148 valence electrons. The summed E-state index contributed by atoms with van der Waals surface area (Å²) in [6.45, 7) is 2.70. The minimum Gasteiger partial charge on any atom is -0.439 e. The van der Waals surface area contributed by atoms with Gasteiger partial charge in [0.2, 0.25) is 5.88 Å². The summed E-state index contributed by atoms with van der Waals surface area (Å²) in [7, 11) is 0. The van der Waals surface area contributed by atoms with Crippen LogP contribution >= 0.6 is 23.2 Å². The van der Waals surface area contributed by atoms with Gasteiger partial charge >= 0.3 is 0 Å². The summed E-state index contributed by atoms with van der Waals surface area (Å²) in [6.07, 6.45) is 6.46. The Morgan fingerprint density at radius 2 is 1.93 bits per heavy atom. The molecule has 2 aliphatic rings. The predicted molar refractivity (Wildman–Crippen MR) is 111 cm³/mol. The van der Waals surface area contributed by atoms with Gasteiger partial charge in [0, 0.05) is 40.5 Å². The molecule has 5 nitrogen and oxygen atoms in total. The number of nitrogens with one attached hydrogen (secondary N) is 1. The lowest BCUT2D eigenvalue weighted by molar-refractivity contribution is 0.0864. The number of rotatable bonds is 5. The monoisotopic (exact) mass is 419 g/mol. The van der Waals surface area contributed by atoms with Crippen molar-refractivity contribution in [1.82, 2.24) is 15.2 Å². The highest BCUT2D eigenvalue weighted by Gasteiger charge is 2.31. The fourth-order valence-electron chi connectivity index (χ4n) is 3.70. The fourth-order valence-corrected chi connectivity index (χ4v) is 4.21. The van der Waals surface area contributed by atoms with Crippen molar-refractivity contribution in [1.29, 1.82) is 0 Å². The Kier molecular flexibility index (Phi) is 6.16. The predicted octanol–water partition coefficient (Wildman–Crippen LogP) is 4.58. The molecule has 1 aromatic heterocycles. The van der Waals surface area contributed by atoms with Crippen LogP contribution in [0.2, 0.25) is 10.0 Å². The number of carbonyl (C=O) groups excluding carboxylic acids is 1. The van der Waals surface area contributed by atoms with E-state index in [-0.39, 0.29) is 11.8 Å². The molecule has 0 radical (unpaired) electrons. The number of ketones is 1. The third-order valence-corrected chi connectivity index (χ3v) is 5.85. The lowest BCUT2D eigenvalue weighted by Gasteiger charge is -2.37. The van der Waals surface area contributed by atoms with Gasteiger partial charge in [0.25, 0.3) is 0 Å². The number of Topliss-reactive ketones (excluding diaryl/α,β-unsaturated/α-hetero) is 1. The van der Waals surface area contributed by atoms with E-state index >= 15 is 0 Å². The van der Waals surface area contributed by atoms with Crippen LogP contribution in [0.4, 0.5) is 0 Å². The molecule has 1 aromatic carbocycles. The average Bonchev–Trinajstić information content (AvgIpc) is 2.85. The molecule has 1 unspecified atom stereocenters. The Hall–Kier alpha value is -1.66. The molecule has 1 N–H and O–H groups in total. The van der Waals surface area contributed by atoms with Gasteiger partial charge in [-0.2, -0.15) is 0 Å². The number of carbonyl (C=O) groups is 1. The van der Waals surface area contributed by atoms with Gasteiger partial charge in [0.05, 0.1) is 6.04 Å². The zero-order valence-corrected chi connectivity index (χ0v) is 17.0. The molecule has 0 spiro atoms. The number of benzene rings is 1. The summed E-state index contributed by atoms with van der Waals surface area (Å²) in [5.41, 5.74) is 0.587. The van der Waals surface area contributed by atoms with Crippen molar-refractivity contribution in [3.05, 3.63) is 52.1 Å². The van der Waals surface area contributed by atoms with Gasteiger partial charge in [-0.3, -0.25) is 9.69 Å². The van der Waals surface area contributed by atoms with E-state index in [0.29, 0.717) is 33.3 Å². The normalized spacial score (nSPS) is 21.0. The lowest BCUT2D eigenvalue weighted by Crippen LogP contribution is -2.48. The van der Waals surface area contributed by atoms with E-state index in [9.17, 15) is 4.79 Å². The summed E-state index contributed by atoms with van der Waals surface area (Å²) in [5.74, 6) is 0.974. The van der Waals surface area contributed by atoms with E-state index in [1.54, 1.807) is 36.5 Å². The highest BCUT2D eigenvalue weighted by atomic mass is 35.5. The van der Waals surface area contributed by atoms with Crippen LogP contribution in [-0.2, 0) is 0 Å². The minimum absolute atomic E-state index is 0.0797. The number of halogens is 2. The summed E-state index contributed by atoms with van der Waals surface area (Å²) >= 11 is 12.0. The first-order valence-electron chi connectivity index (χ1n) is 9.70. The molecule has 2 fully saturated rings. The van der Waals surface area contributed by atoms with E-state index in [2.05, 4.69) is 15.2 Å². The number of nitrogens with zero attached hydrogens (tertiary/aromatic N) is 2. The van der Waals surface area contributed by atoms with Crippen LogP contribution in [0.25, 0.3) is 0 Å². The minimum atomic E-state index is -0.191. The topological polar surface area (TPSA) is 54.5 Å². The van der Waals surface area contributed by atoms with Crippen LogP contribution < -0.4 is 10.1 Å². The Morgan fingerprint density at radius 3 is 2.57 bits per heavy atom. The van der Waals surface area contributed by atoms with Crippen molar-refractivity contribution < 1.29 is 9.53 Å². The SMILES string of the molecule is O=C(c1ccc(Oc2cc(Cl)cc(Cl)c2)nc1)C1CN(C2CCC2)CCCN1. The van der Waals surface area contributed by atoms with Crippen molar-refractivity contribution >= 4 is 29.0 Å². The first-order chi connectivity index (χ1) is 13.6. The molecular weight excluding hydrogens is 397 g/mol. The van der Waals surface area contributed by atoms with Gasteiger partial charge in [-0.25, -0.2) is 4.98 Å². The maximum Gasteiger partial charge on any atom is 0.219 e. The summed E-state index contributed by atoms with van der Waals surface area (Å²) in [6, 6.07) is 8.88. The van der Waals surface area contributed by atoms with Crippen molar-refractivity contribution in [3.63, 3.8) is 0 Å². The smallest absolute Gasteiger partial charge is 0.219 e. The molecule has 1 atom stereocenters. The molecule has 4 rings (SSSR count). The van der Waals surface area contributed by atoms with Crippen LogP contribution in [0.15, 0.2) is 36.5 Å². The Morgan fingerprint density at radius 1 is 1.14 bits per heavy atom. The van der Waals surface area contributed by atoms with Crippen molar-refractivity contribution in [2.75, 3.05) is 19.6 Å². The number of pyridine rings is 1. The van der Waals surface area contributed by atoms with E-state index < -0.39 is 0 Å². The summed E-state index contributed by atoms with van der Waals surface area (Å²) < 4.78 is 5.70. The second kappa shape index (κ2) is 8.78. The second-order valence-electron chi connectivity index (χ2n) is 7.40. The van der Waals surface area contributed by atoms with Gasteiger partial charge in [0.15, 0.2) is 5.78 Å².